The molecule has 0 aromatic carbocycles. The lowest BCUT2D eigenvalue weighted by atomic mass is 9.93. The Balaban J connectivity index is 1.91. The molecule has 0 unspecified atom stereocenters. The van der Waals surface area contributed by atoms with Crippen molar-refractivity contribution < 1.29 is 4.79 Å². The van der Waals surface area contributed by atoms with Crippen molar-refractivity contribution in [2.45, 2.75) is 31.7 Å². The highest BCUT2D eigenvalue weighted by molar-refractivity contribution is 5.79. The summed E-state index contributed by atoms with van der Waals surface area (Å²) in [5.41, 5.74) is 5.78. The summed E-state index contributed by atoms with van der Waals surface area (Å²) in [6.07, 6.45) is 8.25. The van der Waals surface area contributed by atoms with Crippen molar-refractivity contribution >= 4 is 5.91 Å². The number of nitrogens with zero attached hydrogens (tertiary/aromatic N) is 1. The third kappa shape index (κ3) is 1.98. The molecular weight excluding hydrogens is 176 g/mol. The summed E-state index contributed by atoms with van der Waals surface area (Å²) in [5.74, 6) is 0.549. The Hall–Kier alpha value is -0.830. The van der Waals surface area contributed by atoms with Crippen molar-refractivity contribution in [1.29, 1.82) is 0 Å². The maximum atomic E-state index is 12.0. The topological polar surface area (TPSA) is 46.3 Å². The molecule has 2 aliphatic rings. The van der Waals surface area contributed by atoms with Gasteiger partial charge in [-0.25, -0.2) is 0 Å². The van der Waals surface area contributed by atoms with E-state index >= 15 is 0 Å². The molecule has 2 N–H and O–H groups in total. The number of carbonyl (C=O) groups excluding carboxylic acids is 1. The molecule has 1 aliphatic heterocycles. The molecule has 0 aromatic heterocycles. The minimum Gasteiger partial charge on any atom is -0.341 e. The Bertz CT molecular complexity index is 250. The van der Waals surface area contributed by atoms with E-state index in [1.165, 1.54) is 0 Å². The van der Waals surface area contributed by atoms with Gasteiger partial charge in [0.1, 0.15) is 0 Å². The summed E-state index contributed by atoms with van der Waals surface area (Å²) >= 11 is 0. The summed E-state index contributed by atoms with van der Waals surface area (Å²) in [7, 11) is 0. The molecule has 1 heterocycles. The number of allylic oxidation sites excluding steroid dienone is 2. The van der Waals surface area contributed by atoms with Crippen molar-refractivity contribution in [3.05, 3.63) is 12.2 Å². The van der Waals surface area contributed by atoms with Crippen LogP contribution in [0.1, 0.15) is 25.7 Å². The van der Waals surface area contributed by atoms with Crippen LogP contribution < -0.4 is 5.73 Å². The van der Waals surface area contributed by atoms with Crippen LogP contribution >= 0.6 is 0 Å². The van der Waals surface area contributed by atoms with Crippen molar-refractivity contribution in [1.82, 2.24) is 4.90 Å². The third-order valence-electron chi connectivity index (χ3n) is 3.15. The molecular formula is C11H18N2O. The summed E-state index contributed by atoms with van der Waals surface area (Å²) in [6.45, 7) is 1.62. The van der Waals surface area contributed by atoms with E-state index in [9.17, 15) is 4.79 Å². The van der Waals surface area contributed by atoms with Gasteiger partial charge in [0.25, 0.3) is 0 Å². The van der Waals surface area contributed by atoms with E-state index in [4.69, 9.17) is 5.73 Å². The largest absolute Gasteiger partial charge is 0.341 e. The smallest absolute Gasteiger partial charge is 0.226 e. The van der Waals surface area contributed by atoms with E-state index < -0.39 is 0 Å². The van der Waals surface area contributed by atoms with Crippen molar-refractivity contribution in [3.8, 4) is 0 Å². The lowest BCUT2D eigenvalue weighted by Crippen LogP contribution is -2.36. The van der Waals surface area contributed by atoms with Gasteiger partial charge in [-0.05, 0) is 25.7 Å². The van der Waals surface area contributed by atoms with Gasteiger partial charge in [0.2, 0.25) is 5.91 Å². The third-order valence-corrected chi connectivity index (χ3v) is 3.15. The zero-order chi connectivity index (χ0) is 9.97. The summed E-state index contributed by atoms with van der Waals surface area (Å²) in [6, 6.07) is 0.207. The monoisotopic (exact) mass is 194 g/mol. The molecule has 1 fully saturated rings. The summed E-state index contributed by atoms with van der Waals surface area (Å²) < 4.78 is 0. The van der Waals surface area contributed by atoms with Crippen LogP contribution in [0.25, 0.3) is 0 Å². The quantitative estimate of drug-likeness (QED) is 0.630. The van der Waals surface area contributed by atoms with Gasteiger partial charge in [-0.15, -0.1) is 0 Å². The first-order valence-electron chi connectivity index (χ1n) is 5.47. The van der Waals surface area contributed by atoms with Crippen molar-refractivity contribution in [2.75, 3.05) is 13.1 Å². The minimum absolute atomic E-state index is 0.207. The van der Waals surface area contributed by atoms with E-state index in [0.29, 0.717) is 5.91 Å². The zero-order valence-corrected chi connectivity index (χ0v) is 8.48. The first kappa shape index (κ1) is 9.71. The van der Waals surface area contributed by atoms with Crippen LogP contribution in [0.3, 0.4) is 0 Å². The second-order valence-electron chi connectivity index (χ2n) is 4.31. The first-order valence-corrected chi connectivity index (χ1v) is 5.47. The van der Waals surface area contributed by atoms with Crippen LogP contribution in [-0.4, -0.2) is 29.9 Å². The molecule has 1 saturated heterocycles. The molecule has 0 radical (unpaired) electrons. The Morgan fingerprint density at radius 3 is 2.79 bits per heavy atom. The number of hydrogen-bond donors (Lipinski definition) is 1. The lowest BCUT2D eigenvalue weighted by molar-refractivity contribution is -0.134. The van der Waals surface area contributed by atoms with Crippen molar-refractivity contribution in [2.24, 2.45) is 11.7 Å². The van der Waals surface area contributed by atoms with E-state index in [-0.39, 0.29) is 12.0 Å². The standard InChI is InChI=1S/C11H18N2O/c12-10-6-7-13(8-10)11(14)9-4-2-1-3-5-9/h1-2,9-10H,3-8,12H2/t9-,10+/m0/s1. The molecule has 3 heteroatoms. The van der Waals surface area contributed by atoms with Gasteiger partial charge < -0.3 is 10.6 Å². The molecule has 2 atom stereocenters. The van der Waals surface area contributed by atoms with Crippen LogP contribution in [0.2, 0.25) is 0 Å². The van der Waals surface area contributed by atoms with Crippen molar-refractivity contribution in [3.63, 3.8) is 0 Å². The lowest BCUT2D eigenvalue weighted by Gasteiger charge is -2.23. The molecule has 0 aromatic rings. The van der Waals surface area contributed by atoms with Gasteiger partial charge in [-0.3, -0.25) is 4.79 Å². The fourth-order valence-electron chi connectivity index (χ4n) is 2.26. The zero-order valence-electron chi connectivity index (χ0n) is 8.48. The van der Waals surface area contributed by atoms with Gasteiger partial charge in [0.15, 0.2) is 0 Å². The highest BCUT2D eigenvalue weighted by Crippen LogP contribution is 2.22. The van der Waals surface area contributed by atoms with E-state index in [2.05, 4.69) is 12.2 Å². The average molecular weight is 194 g/mol. The fraction of sp³-hybridized carbons (Fsp3) is 0.727. The first-order chi connectivity index (χ1) is 6.77. The molecule has 1 aliphatic carbocycles. The second kappa shape index (κ2) is 4.13. The molecule has 0 spiro atoms. The predicted octanol–water partition coefficient (Wildman–Crippen LogP) is 0.902. The van der Waals surface area contributed by atoms with Crippen LogP contribution in [-0.2, 0) is 4.79 Å². The van der Waals surface area contributed by atoms with Crippen LogP contribution in [0, 0.1) is 5.92 Å². The number of nitrogens with two attached hydrogens (primary N) is 1. The van der Waals surface area contributed by atoms with Gasteiger partial charge in [0, 0.05) is 25.0 Å². The molecule has 0 bridgehead atoms. The van der Waals surface area contributed by atoms with Gasteiger partial charge in [0.05, 0.1) is 0 Å². The minimum atomic E-state index is 0.207. The molecule has 0 saturated carbocycles. The molecule has 3 nitrogen and oxygen atoms in total. The second-order valence-corrected chi connectivity index (χ2v) is 4.31. The normalized spacial score (nSPS) is 32.2. The fourth-order valence-corrected chi connectivity index (χ4v) is 2.26. The van der Waals surface area contributed by atoms with Crippen LogP contribution in [0.15, 0.2) is 12.2 Å². The maximum Gasteiger partial charge on any atom is 0.226 e. The number of amides is 1. The van der Waals surface area contributed by atoms with E-state index in [1.54, 1.807) is 0 Å². The molecule has 78 valence electrons. The SMILES string of the molecule is N[C@@H]1CCN(C(=O)[C@H]2CC=CCC2)C1. The van der Waals surface area contributed by atoms with Gasteiger partial charge in [-0.1, -0.05) is 12.2 Å². The molecule has 14 heavy (non-hydrogen) atoms. The van der Waals surface area contributed by atoms with Crippen LogP contribution in [0.5, 0.6) is 0 Å². The summed E-state index contributed by atoms with van der Waals surface area (Å²) in [5, 5.41) is 0. The van der Waals surface area contributed by atoms with E-state index in [1.807, 2.05) is 4.90 Å². The molecule has 1 amide bonds. The van der Waals surface area contributed by atoms with Crippen LogP contribution in [0.4, 0.5) is 0 Å². The Morgan fingerprint density at radius 1 is 1.36 bits per heavy atom. The van der Waals surface area contributed by atoms with Gasteiger partial charge >= 0.3 is 0 Å². The average Bonchev–Trinajstić information content (AvgIpc) is 2.65. The van der Waals surface area contributed by atoms with Gasteiger partial charge in [-0.2, -0.15) is 0 Å². The molecule has 2 rings (SSSR count). The number of rotatable bonds is 1. The Labute approximate surface area is 84.9 Å². The predicted molar refractivity (Wildman–Crippen MR) is 55.7 cm³/mol. The highest BCUT2D eigenvalue weighted by atomic mass is 16.2. The maximum absolute atomic E-state index is 12.0. The Morgan fingerprint density at radius 2 is 2.21 bits per heavy atom. The number of likely N-dealkylation sites (tertiary alicyclic amines) is 1. The highest BCUT2D eigenvalue weighted by Gasteiger charge is 2.28. The van der Waals surface area contributed by atoms with E-state index in [0.717, 1.165) is 38.8 Å². The Kier molecular flexibility index (Phi) is 2.87. The number of carbonyl (C=O) groups is 1. The summed E-state index contributed by atoms with van der Waals surface area (Å²) in [4.78, 5) is 13.9. The number of hydrogen-bond acceptors (Lipinski definition) is 2.